The van der Waals surface area contributed by atoms with Crippen molar-refractivity contribution in [2.24, 2.45) is 0 Å². The molecule has 0 rings (SSSR count). The second kappa shape index (κ2) is 19.7. The third kappa shape index (κ3) is 17.4. The van der Waals surface area contributed by atoms with E-state index in [1.807, 2.05) is 0 Å². The number of rotatable bonds is 21. The van der Waals surface area contributed by atoms with Crippen LogP contribution in [0.15, 0.2) is 0 Å². The second-order valence-electron chi connectivity index (χ2n) is 5.84. The van der Waals surface area contributed by atoms with E-state index in [2.05, 4.69) is 20.8 Å². The van der Waals surface area contributed by atoms with Crippen molar-refractivity contribution in [1.82, 2.24) is 0 Å². The van der Waals surface area contributed by atoms with E-state index in [-0.39, 0.29) is 19.8 Å². The third-order valence-corrected chi connectivity index (χ3v) is 4.85. The van der Waals surface area contributed by atoms with Crippen molar-refractivity contribution in [2.75, 3.05) is 59.5 Å². The van der Waals surface area contributed by atoms with Gasteiger partial charge in [0.15, 0.2) is 0 Å². The van der Waals surface area contributed by atoms with Gasteiger partial charge in [0, 0.05) is 19.8 Å². The van der Waals surface area contributed by atoms with Crippen molar-refractivity contribution in [1.29, 1.82) is 0 Å². The van der Waals surface area contributed by atoms with Crippen molar-refractivity contribution >= 4 is 7.82 Å². The zero-order chi connectivity index (χ0) is 19.3. The molecule has 0 aliphatic rings. The van der Waals surface area contributed by atoms with E-state index < -0.39 is 7.82 Å². The van der Waals surface area contributed by atoms with Crippen molar-refractivity contribution in [3.8, 4) is 0 Å². The normalized spacial score (nSPS) is 12.0. The molecule has 0 N–H and O–H groups in total. The van der Waals surface area contributed by atoms with Gasteiger partial charge in [0.05, 0.1) is 39.6 Å². The minimum absolute atomic E-state index is 0.161. The molecule has 0 saturated carbocycles. The summed E-state index contributed by atoms with van der Waals surface area (Å²) >= 11 is 0. The zero-order valence-electron chi connectivity index (χ0n) is 16.9. The van der Waals surface area contributed by atoms with E-state index in [0.29, 0.717) is 39.6 Å². The van der Waals surface area contributed by atoms with Crippen LogP contribution in [0.2, 0.25) is 0 Å². The lowest BCUT2D eigenvalue weighted by molar-refractivity contribution is 0.0331. The molecule has 0 radical (unpaired) electrons. The monoisotopic (exact) mass is 404 g/mol. The molecule has 0 aliphatic heterocycles. The van der Waals surface area contributed by atoms with E-state index in [9.17, 15) is 4.57 Å². The largest absolute Gasteiger partial charge is 0.475 e. The number of unbranched alkanes of at least 4 members (excludes halogenated alkanes) is 3. The lowest BCUT2D eigenvalue weighted by Crippen LogP contribution is -2.12. The third-order valence-electron chi connectivity index (χ3n) is 3.36. The molecule has 158 valence electrons. The number of phosphoric acid groups is 1. The Morgan fingerprint density at radius 2 is 0.808 bits per heavy atom. The molecule has 0 aliphatic carbocycles. The summed E-state index contributed by atoms with van der Waals surface area (Å²) < 4.78 is 44.9. The molecule has 8 heteroatoms. The first kappa shape index (κ1) is 26.0. The number of hydrogen-bond donors (Lipinski definition) is 0. The van der Waals surface area contributed by atoms with Crippen molar-refractivity contribution in [3.63, 3.8) is 0 Å². The van der Waals surface area contributed by atoms with E-state index >= 15 is 0 Å². The summed E-state index contributed by atoms with van der Waals surface area (Å²) in [7, 11) is -3.63. The van der Waals surface area contributed by atoms with Gasteiger partial charge in [0.25, 0.3) is 0 Å². The van der Waals surface area contributed by atoms with Crippen LogP contribution in [0.25, 0.3) is 0 Å². The van der Waals surface area contributed by atoms with Crippen LogP contribution in [0.4, 0.5) is 0 Å². The minimum atomic E-state index is -3.63. The van der Waals surface area contributed by atoms with Gasteiger partial charge < -0.3 is 14.2 Å². The molecule has 0 atom stereocenters. The lowest BCUT2D eigenvalue weighted by Gasteiger charge is -2.18. The molecule has 0 aromatic carbocycles. The van der Waals surface area contributed by atoms with Crippen molar-refractivity contribution in [3.05, 3.63) is 0 Å². The predicted molar refractivity (Wildman–Crippen MR) is 103 cm³/mol. The van der Waals surface area contributed by atoms with Gasteiger partial charge in [-0.25, -0.2) is 4.57 Å². The topological polar surface area (TPSA) is 72.5 Å². The summed E-state index contributed by atoms with van der Waals surface area (Å²) in [5.41, 5.74) is 0. The molecule has 0 amide bonds. The Morgan fingerprint density at radius 1 is 0.500 bits per heavy atom. The van der Waals surface area contributed by atoms with E-state index in [1.54, 1.807) is 0 Å². The molecule has 0 unspecified atom stereocenters. The van der Waals surface area contributed by atoms with E-state index in [1.165, 1.54) is 0 Å². The second-order valence-corrected chi connectivity index (χ2v) is 7.51. The SMILES string of the molecule is CCCCO[13CH2][13CH2]OP(=O)(O[13CH2][13CH2]OCCCC)O[13CH2][13CH2]OCCCC. The fraction of sp³-hybridized carbons (Fsp3) is 1.00. The molecule has 0 spiro atoms. The first-order chi connectivity index (χ1) is 12.7. The first-order valence-electron chi connectivity index (χ1n) is 9.95. The van der Waals surface area contributed by atoms with Gasteiger partial charge in [-0.3, -0.25) is 13.6 Å². The van der Waals surface area contributed by atoms with Crippen LogP contribution < -0.4 is 0 Å². The zero-order valence-corrected chi connectivity index (χ0v) is 17.8. The Morgan fingerprint density at radius 3 is 1.08 bits per heavy atom. The molecular weight excluding hydrogens is 365 g/mol. The summed E-state index contributed by atoms with van der Waals surface area (Å²) in [6, 6.07) is 0. The maximum Gasteiger partial charge on any atom is 0.475 e. The maximum absolute atomic E-state index is 12.6. The van der Waals surface area contributed by atoms with Crippen molar-refractivity contribution in [2.45, 2.75) is 59.3 Å². The van der Waals surface area contributed by atoms with Crippen LogP contribution in [0.3, 0.4) is 0 Å². The van der Waals surface area contributed by atoms with Crippen LogP contribution in [-0.2, 0) is 32.3 Å². The van der Waals surface area contributed by atoms with Crippen LogP contribution in [0.5, 0.6) is 0 Å². The highest BCUT2D eigenvalue weighted by Crippen LogP contribution is 2.49. The van der Waals surface area contributed by atoms with Gasteiger partial charge in [-0.15, -0.1) is 0 Å². The maximum atomic E-state index is 12.6. The lowest BCUT2D eigenvalue weighted by atomic mass is 10.4. The number of phosphoric ester groups is 1. The average Bonchev–Trinajstić information content (AvgIpc) is 2.64. The summed E-state index contributed by atoms with van der Waals surface area (Å²) in [5, 5.41) is 0. The Kier molecular flexibility index (Phi) is 19.7. The minimum Gasteiger partial charge on any atom is -0.379 e. The van der Waals surface area contributed by atoms with Gasteiger partial charge in [0.2, 0.25) is 0 Å². The molecule has 0 heterocycles. The number of ether oxygens (including phenoxy) is 3. The standard InChI is InChI=1S/C18H39O7P/c1-4-7-10-20-13-16-23-26(19,24-17-14-21-11-8-5-2)25-18-15-22-12-9-6-3/h4-18H2,1-3H3/i13+1,14+1,15+1,16+1,17+1,18+1. The Labute approximate surface area is 159 Å². The van der Waals surface area contributed by atoms with Crippen LogP contribution in [-0.4, -0.2) is 59.5 Å². The van der Waals surface area contributed by atoms with Gasteiger partial charge in [0.1, 0.15) is 0 Å². The van der Waals surface area contributed by atoms with Gasteiger partial charge in [-0.2, -0.15) is 0 Å². The van der Waals surface area contributed by atoms with E-state index in [4.69, 9.17) is 27.8 Å². The molecule has 0 saturated heterocycles. The Hall–Kier alpha value is -0.0100. The number of hydrogen-bond acceptors (Lipinski definition) is 7. The smallest absolute Gasteiger partial charge is 0.379 e. The summed E-state index contributed by atoms with van der Waals surface area (Å²) in [6.45, 7) is 9.86. The molecule has 0 bridgehead atoms. The van der Waals surface area contributed by atoms with Crippen LogP contribution in [0.1, 0.15) is 59.3 Å². The molecular formula is C18H39O7P. The first-order valence-corrected chi connectivity index (χ1v) is 11.4. The highest BCUT2D eigenvalue weighted by Gasteiger charge is 2.26. The van der Waals surface area contributed by atoms with Crippen LogP contribution >= 0.6 is 7.82 Å². The van der Waals surface area contributed by atoms with Gasteiger partial charge in [-0.05, 0) is 19.3 Å². The summed E-state index contributed by atoms with van der Waals surface area (Å²) in [4.78, 5) is 0. The van der Waals surface area contributed by atoms with Crippen molar-refractivity contribution < 1.29 is 32.3 Å². The summed E-state index contributed by atoms with van der Waals surface area (Å²) in [6.07, 6.45) is 6.20. The molecule has 26 heavy (non-hydrogen) atoms. The highest BCUT2D eigenvalue weighted by molar-refractivity contribution is 7.48. The van der Waals surface area contributed by atoms with Gasteiger partial charge >= 0.3 is 7.82 Å². The highest BCUT2D eigenvalue weighted by atomic mass is 31.2. The summed E-state index contributed by atoms with van der Waals surface area (Å²) in [5.74, 6) is 0. The van der Waals surface area contributed by atoms with Gasteiger partial charge in [-0.1, -0.05) is 40.0 Å². The average molecular weight is 404 g/mol. The molecule has 0 aromatic rings. The van der Waals surface area contributed by atoms with E-state index in [0.717, 1.165) is 38.5 Å². The fourth-order valence-electron chi connectivity index (χ4n) is 1.78. The molecule has 0 fully saturated rings. The Balaban J connectivity index is 4.04. The Bertz CT molecular complexity index is 281. The quantitative estimate of drug-likeness (QED) is 0.157. The molecule has 7 nitrogen and oxygen atoms in total. The molecule has 0 aromatic heterocycles. The predicted octanol–water partition coefficient (Wildman–Crippen LogP) is 4.59. The van der Waals surface area contributed by atoms with Crippen LogP contribution in [0, 0.1) is 0 Å². The fourth-order valence-corrected chi connectivity index (χ4v) is 2.90.